The van der Waals surface area contributed by atoms with E-state index < -0.39 is 11.9 Å². The summed E-state index contributed by atoms with van der Waals surface area (Å²) in [5, 5.41) is 14.8. The second-order valence-electron chi connectivity index (χ2n) is 5.71. The Hall–Kier alpha value is -2.68. The van der Waals surface area contributed by atoms with Gasteiger partial charge in [0.05, 0.1) is 6.54 Å². The summed E-state index contributed by atoms with van der Waals surface area (Å²) in [5.74, 6) is -3.20. The number of likely N-dealkylation sites (N-methyl/N-ethyl adjacent to an activating group) is 1. The molecule has 0 aliphatic carbocycles. The number of carboxylic acids is 2. The van der Waals surface area contributed by atoms with Crippen molar-refractivity contribution in [2.75, 3.05) is 33.2 Å². The van der Waals surface area contributed by atoms with Crippen molar-refractivity contribution in [3.8, 4) is 5.88 Å². The molecule has 0 fully saturated rings. The summed E-state index contributed by atoms with van der Waals surface area (Å²) in [6.07, 6.45) is 2.56. The minimum atomic E-state index is -1.82. The molecule has 9 nitrogen and oxygen atoms in total. The van der Waals surface area contributed by atoms with E-state index in [4.69, 9.17) is 24.5 Å². The first-order valence-electron chi connectivity index (χ1n) is 8.35. The maximum absolute atomic E-state index is 12.2. The van der Waals surface area contributed by atoms with Gasteiger partial charge in [0.2, 0.25) is 5.88 Å². The number of carbonyl (C=O) groups excluding carboxylic acids is 1. The number of carboxylic acid groups (broad SMARTS) is 2. The molecule has 0 spiro atoms. The van der Waals surface area contributed by atoms with Gasteiger partial charge in [-0.2, -0.15) is 0 Å². The second kappa shape index (κ2) is 10.3. The highest BCUT2D eigenvalue weighted by Gasteiger charge is 2.27. The SMILES string of the molecule is CCN(CC)CCC1CN(C)C(=O)c2cccnc2O1.O=C(O)C(=O)O. The maximum Gasteiger partial charge on any atom is 0.414 e. The molecule has 0 saturated heterocycles. The lowest BCUT2D eigenvalue weighted by Gasteiger charge is -2.24. The highest BCUT2D eigenvalue weighted by molar-refractivity contribution is 6.27. The van der Waals surface area contributed by atoms with Gasteiger partial charge in [0.15, 0.2) is 0 Å². The predicted octanol–water partition coefficient (Wildman–Crippen LogP) is 0.802. The lowest BCUT2D eigenvalue weighted by Crippen LogP contribution is -2.36. The van der Waals surface area contributed by atoms with Gasteiger partial charge in [-0.15, -0.1) is 0 Å². The molecule has 1 atom stereocenters. The van der Waals surface area contributed by atoms with E-state index >= 15 is 0 Å². The summed E-state index contributed by atoms with van der Waals surface area (Å²) in [4.78, 5) is 38.7. The minimum Gasteiger partial charge on any atom is -0.473 e. The number of hydrogen-bond acceptors (Lipinski definition) is 6. The number of ether oxygens (including phenoxy) is 1. The van der Waals surface area contributed by atoms with E-state index in [0.29, 0.717) is 18.0 Å². The molecule has 0 aromatic carbocycles. The van der Waals surface area contributed by atoms with E-state index in [1.807, 2.05) is 7.05 Å². The summed E-state index contributed by atoms with van der Waals surface area (Å²) in [6, 6.07) is 3.54. The molecule has 2 heterocycles. The van der Waals surface area contributed by atoms with Crippen LogP contribution >= 0.6 is 0 Å². The van der Waals surface area contributed by atoms with Crippen LogP contribution in [0.5, 0.6) is 5.88 Å². The number of aliphatic carboxylic acids is 2. The van der Waals surface area contributed by atoms with E-state index in [2.05, 4.69) is 23.7 Å². The fraction of sp³-hybridized carbons (Fsp3) is 0.529. The van der Waals surface area contributed by atoms with E-state index in [1.165, 1.54) is 0 Å². The Bertz CT molecular complexity index is 621. The molecule has 1 amide bonds. The second-order valence-corrected chi connectivity index (χ2v) is 5.71. The van der Waals surface area contributed by atoms with Crippen molar-refractivity contribution >= 4 is 17.8 Å². The average molecular weight is 367 g/mol. The number of amides is 1. The van der Waals surface area contributed by atoms with Gasteiger partial charge in [0.25, 0.3) is 5.91 Å². The number of carbonyl (C=O) groups is 3. The molecular formula is C17H25N3O6. The Morgan fingerprint density at radius 2 is 1.92 bits per heavy atom. The van der Waals surface area contributed by atoms with Gasteiger partial charge >= 0.3 is 11.9 Å². The summed E-state index contributed by atoms with van der Waals surface area (Å²) in [5.41, 5.74) is 0.556. The summed E-state index contributed by atoms with van der Waals surface area (Å²) in [6.45, 7) is 7.96. The van der Waals surface area contributed by atoms with Crippen molar-refractivity contribution in [1.29, 1.82) is 0 Å². The van der Waals surface area contributed by atoms with Crippen molar-refractivity contribution in [2.45, 2.75) is 26.4 Å². The molecule has 1 aromatic heterocycles. The van der Waals surface area contributed by atoms with Gasteiger partial charge < -0.3 is 24.7 Å². The van der Waals surface area contributed by atoms with Crippen LogP contribution < -0.4 is 4.74 Å². The zero-order chi connectivity index (χ0) is 19.7. The Kier molecular flexibility index (Phi) is 8.50. The molecule has 1 aromatic rings. The molecule has 144 valence electrons. The summed E-state index contributed by atoms with van der Waals surface area (Å²) in [7, 11) is 1.82. The quantitative estimate of drug-likeness (QED) is 0.733. The van der Waals surface area contributed by atoms with Crippen LogP contribution in [0.25, 0.3) is 0 Å². The first kappa shape index (κ1) is 21.4. The third-order valence-electron chi connectivity index (χ3n) is 3.95. The Labute approximate surface area is 152 Å². The van der Waals surface area contributed by atoms with Crippen molar-refractivity contribution in [3.05, 3.63) is 23.9 Å². The Balaban J connectivity index is 0.000000487. The molecule has 26 heavy (non-hydrogen) atoms. The van der Waals surface area contributed by atoms with Crippen LogP contribution in [0.4, 0.5) is 0 Å². The van der Waals surface area contributed by atoms with Crippen molar-refractivity contribution in [1.82, 2.24) is 14.8 Å². The van der Waals surface area contributed by atoms with E-state index in [9.17, 15) is 4.79 Å². The molecular weight excluding hydrogens is 342 g/mol. The molecule has 0 saturated carbocycles. The smallest absolute Gasteiger partial charge is 0.414 e. The highest BCUT2D eigenvalue weighted by Crippen LogP contribution is 2.22. The lowest BCUT2D eigenvalue weighted by atomic mass is 10.2. The normalized spacial score (nSPS) is 16.1. The largest absolute Gasteiger partial charge is 0.473 e. The third kappa shape index (κ3) is 6.32. The number of pyridine rings is 1. The number of aromatic nitrogens is 1. The number of rotatable bonds is 5. The number of nitrogens with zero attached hydrogens (tertiary/aromatic N) is 3. The predicted molar refractivity (Wildman–Crippen MR) is 93.3 cm³/mol. The van der Waals surface area contributed by atoms with Crippen molar-refractivity contribution in [2.24, 2.45) is 0 Å². The summed E-state index contributed by atoms with van der Waals surface area (Å²) < 4.78 is 5.94. The van der Waals surface area contributed by atoms with Crippen LogP contribution in [0.1, 0.15) is 30.6 Å². The highest BCUT2D eigenvalue weighted by atomic mass is 16.5. The maximum atomic E-state index is 12.2. The summed E-state index contributed by atoms with van der Waals surface area (Å²) >= 11 is 0. The monoisotopic (exact) mass is 367 g/mol. The fourth-order valence-electron chi connectivity index (χ4n) is 2.45. The molecule has 0 radical (unpaired) electrons. The van der Waals surface area contributed by atoms with Crippen molar-refractivity contribution in [3.63, 3.8) is 0 Å². The zero-order valence-electron chi connectivity index (χ0n) is 15.2. The molecule has 2 N–H and O–H groups in total. The zero-order valence-corrected chi connectivity index (χ0v) is 15.2. The molecule has 9 heteroatoms. The van der Waals surface area contributed by atoms with Gasteiger partial charge in [-0.05, 0) is 31.6 Å². The van der Waals surface area contributed by atoms with Gasteiger partial charge in [0, 0.05) is 19.8 Å². The van der Waals surface area contributed by atoms with Crippen LogP contribution in [-0.2, 0) is 9.59 Å². The van der Waals surface area contributed by atoms with Gasteiger partial charge in [-0.1, -0.05) is 13.8 Å². The van der Waals surface area contributed by atoms with Crippen LogP contribution in [0.15, 0.2) is 18.3 Å². The van der Waals surface area contributed by atoms with Crippen LogP contribution in [0.2, 0.25) is 0 Å². The van der Waals surface area contributed by atoms with Crippen LogP contribution in [0, 0.1) is 0 Å². The van der Waals surface area contributed by atoms with Crippen LogP contribution in [-0.4, -0.2) is 82.2 Å². The van der Waals surface area contributed by atoms with E-state index in [-0.39, 0.29) is 12.0 Å². The minimum absolute atomic E-state index is 0.000648. The molecule has 1 aliphatic heterocycles. The van der Waals surface area contributed by atoms with E-state index in [0.717, 1.165) is 26.1 Å². The lowest BCUT2D eigenvalue weighted by molar-refractivity contribution is -0.159. The Morgan fingerprint density at radius 1 is 1.31 bits per heavy atom. The van der Waals surface area contributed by atoms with Crippen molar-refractivity contribution < 1.29 is 29.3 Å². The molecule has 1 unspecified atom stereocenters. The van der Waals surface area contributed by atoms with Gasteiger partial charge in [-0.3, -0.25) is 4.79 Å². The first-order valence-corrected chi connectivity index (χ1v) is 8.35. The first-order chi connectivity index (χ1) is 12.3. The molecule has 0 bridgehead atoms. The average Bonchev–Trinajstić information content (AvgIpc) is 2.73. The van der Waals surface area contributed by atoms with Crippen LogP contribution in [0.3, 0.4) is 0 Å². The number of hydrogen-bond donors (Lipinski definition) is 2. The molecule has 2 rings (SSSR count). The molecule has 1 aliphatic rings. The van der Waals surface area contributed by atoms with Gasteiger partial charge in [0.1, 0.15) is 11.7 Å². The third-order valence-corrected chi connectivity index (χ3v) is 3.95. The fourth-order valence-corrected chi connectivity index (χ4v) is 2.45. The standard InChI is InChI=1S/C15H23N3O2.C2H2O4/c1-4-18(5-2)10-8-12-11-17(3)15(19)13-7-6-9-16-14(13)20-12;3-1(4)2(5)6/h6-7,9,12H,4-5,8,10-11H2,1-3H3;(H,3,4)(H,5,6). The topological polar surface area (TPSA) is 120 Å². The number of fused-ring (bicyclic) bond motifs is 1. The Morgan fingerprint density at radius 3 is 2.46 bits per heavy atom. The van der Waals surface area contributed by atoms with E-state index in [1.54, 1.807) is 23.2 Å². The van der Waals surface area contributed by atoms with Gasteiger partial charge in [-0.25, -0.2) is 14.6 Å².